The minimum Gasteiger partial charge on any atom is -0.335 e. The molecule has 0 amide bonds. The third kappa shape index (κ3) is 1.39. The highest BCUT2D eigenvalue weighted by molar-refractivity contribution is 7.89. The highest BCUT2D eigenvalue weighted by Gasteiger charge is 2.54. The van der Waals surface area contributed by atoms with Crippen molar-refractivity contribution >= 4 is 10.0 Å². The van der Waals surface area contributed by atoms with E-state index >= 15 is 0 Å². The van der Waals surface area contributed by atoms with E-state index in [1.54, 1.807) is 0 Å². The van der Waals surface area contributed by atoms with E-state index in [1.165, 1.54) is 16.8 Å². The van der Waals surface area contributed by atoms with Crippen LogP contribution in [-0.2, 0) is 10.0 Å². The summed E-state index contributed by atoms with van der Waals surface area (Å²) in [7, 11) is -3.40. The summed E-state index contributed by atoms with van der Waals surface area (Å²) < 4.78 is 25.4. The van der Waals surface area contributed by atoms with Crippen LogP contribution < -0.4 is 5.73 Å². The third-order valence-corrected chi connectivity index (χ3v) is 5.14. The number of hydrogen-bond acceptors (Lipinski definition) is 4. The average Bonchev–Trinajstić information content (AvgIpc) is 2.88. The standard InChI is InChI=1S/C9H14N4O2S/c10-9(7-1-2-7)4-13(5-9)16(14,15)8-3-11-6-12-8/h3,6-7H,1-2,4-5,10H2,(H,11,12). The number of sulfonamides is 1. The van der Waals surface area contributed by atoms with Gasteiger partial charge < -0.3 is 10.7 Å². The molecule has 3 N–H and O–H groups in total. The van der Waals surface area contributed by atoms with Gasteiger partial charge in [0.2, 0.25) is 0 Å². The van der Waals surface area contributed by atoms with Crippen LogP contribution in [0.4, 0.5) is 0 Å². The predicted molar refractivity (Wildman–Crippen MR) is 57.0 cm³/mol. The molecule has 0 bridgehead atoms. The van der Waals surface area contributed by atoms with Crippen LogP contribution in [0.3, 0.4) is 0 Å². The summed E-state index contributed by atoms with van der Waals surface area (Å²) in [6, 6.07) is 0. The van der Waals surface area contributed by atoms with E-state index in [-0.39, 0.29) is 10.6 Å². The lowest BCUT2D eigenvalue weighted by Crippen LogP contribution is -2.69. The van der Waals surface area contributed by atoms with Gasteiger partial charge in [-0.3, -0.25) is 0 Å². The van der Waals surface area contributed by atoms with Crippen molar-refractivity contribution in [3.05, 3.63) is 12.5 Å². The first kappa shape index (κ1) is 10.2. The maximum absolute atomic E-state index is 12.0. The van der Waals surface area contributed by atoms with Crippen LogP contribution in [0.1, 0.15) is 12.8 Å². The van der Waals surface area contributed by atoms with Crippen LogP contribution in [0.2, 0.25) is 0 Å². The Morgan fingerprint density at radius 1 is 1.50 bits per heavy atom. The van der Waals surface area contributed by atoms with Crippen LogP contribution in [0, 0.1) is 5.92 Å². The van der Waals surface area contributed by atoms with Crippen LogP contribution in [0.25, 0.3) is 0 Å². The number of imidazole rings is 1. The third-order valence-electron chi connectivity index (χ3n) is 3.42. The van der Waals surface area contributed by atoms with E-state index in [0.717, 1.165) is 12.8 Å². The molecule has 2 aliphatic rings. The number of aromatic amines is 1. The lowest BCUT2D eigenvalue weighted by atomic mass is 9.88. The molecule has 2 heterocycles. The Bertz CT molecular complexity index is 486. The molecule has 6 nitrogen and oxygen atoms in total. The van der Waals surface area contributed by atoms with Gasteiger partial charge in [0.1, 0.15) is 0 Å². The van der Waals surface area contributed by atoms with Gasteiger partial charge in [-0.1, -0.05) is 0 Å². The van der Waals surface area contributed by atoms with Gasteiger partial charge in [-0.2, -0.15) is 4.31 Å². The van der Waals surface area contributed by atoms with Crippen molar-refractivity contribution in [3.63, 3.8) is 0 Å². The second kappa shape index (κ2) is 3.06. The van der Waals surface area contributed by atoms with Crippen molar-refractivity contribution in [1.29, 1.82) is 0 Å². The quantitative estimate of drug-likeness (QED) is 0.749. The summed E-state index contributed by atoms with van der Waals surface area (Å²) in [6.45, 7) is 0.859. The summed E-state index contributed by atoms with van der Waals surface area (Å²) in [4.78, 5) is 6.34. The molecule has 0 unspecified atom stereocenters. The number of nitrogens with two attached hydrogens (primary N) is 1. The summed E-state index contributed by atoms with van der Waals surface area (Å²) in [5, 5.41) is 0.144. The second-order valence-corrected chi connectivity index (χ2v) is 6.60. The highest BCUT2D eigenvalue weighted by Crippen LogP contribution is 2.44. The Hall–Kier alpha value is -0.920. The number of aromatic nitrogens is 2. The zero-order valence-electron chi connectivity index (χ0n) is 8.76. The van der Waals surface area contributed by atoms with Gasteiger partial charge in [-0.15, -0.1) is 0 Å². The Morgan fingerprint density at radius 2 is 2.19 bits per heavy atom. The zero-order valence-corrected chi connectivity index (χ0v) is 9.57. The first-order valence-electron chi connectivity index (χ1n) is 5.30. The molecule has 1 aromatic heterocycles. The van der Waals surface area contributed by atoms with Crippen molar-refractivity contribution in [2.45, 2.75) is 23.4 Å². The maximum Gasteiger partial charge on any atom is 0.260 e. The van der Waals surface area contributed by atoms with Gasteiger partial charge in [0.25, 0.3) is 10.0 Å². The highest BCUT2D eigenvalue weighted by atomic mass is 32.2. The molecule has 1 aliphatic carbocycles. The lowest BCUT2D eigenvalue weighted by Gasteiger charge is -2.46. The zero-order chi connectivity index (χ0) is 11.4. The van der Waals surface area contributed by atoms with Crippen molar-refractivity contribution in [2.24, 2.45) is 11.7 Å². The number of nitrogens with zero attached hydrogens (tertiary/aromatic N) is 2. The fourth-order valence-corrected chi connectivity index (χ4v) is 3.71. The molecule has 2 fully saturated rings. The smallest absolute Gasteiger partial charge is 0.260 e. The molecule has 0 aromatic carbocycles. The Labute approximate surface area is 93.9 Å². The predicted octanol–water partition coefficient (Wildman–Crippen LogP) is -0.479. The van der Waals surface area contributed by atoms with Crippen molar-refractivity contribution in [3.8, 4) is 0 Å². The van der Waals surface area contributed by atoms with Gasteiger partial charge in [0.05, 0.1) is 12.5 Å². The van der Waals surface area contributed by atoms with Gasteiger partial charge in [0, 0.05) is 18.6 Å². The van der Waals surface area contributed by atoms with E-state index < -0.39 is 10.0 Å². The summed E-state index contributed by atoms with van der Waals surface area (Å²) >= 11 is 0. The molecule has 0 radical (unpaired) electrons. The first-order chi connectivity index (χ1) is 7.52. The van der Waals surface area contributed by atoms with Crippen molar-refractivity contribution in [2.75, 3.05) is 13.1 Å². The maximum atomic E-state index is 12.0. The SMILES string of the molecule is NC1(C2CC2)CN(S(=O)(=O)c2cnc[nH]2)C1. The van der Waals surface area contributed by atoms with E-state index in [0.29, 0.717) is 19.0 Å². The molecule has 1 saturated carbocycles. The molecule has 7 heteroatoms. The molecular weight excluding hydrogens is 228 g/mol. The number of nitrogens with one attached hydrogen (secondary N) is 1. The topological polar surface area (TPSA) is 92.1 Å². The Kier molecular flexibility index (Phi) is 1.96. The summed E-state index contributed by atoms with van der Waals surface area (Å²) in [5.74, 6) is 0.515. The molecule has 1 aromatic rings. The monoisotopic (exact) mass is 242 g/mol. The van der Waals surface area contributed by atoms with Gasteiger partial charge in [-0.05, 0) is 18.8 Å². The Morgan fingerprint density at radius 3 is 2.69 bits per heavy atom. The second-order valence-electron chi connectivity index (χ2n) is 4.70. The van der Waals surface area contributed by atoms with Crippen LogP contribution in [0.15, 0.2) is 17.6 Å². The van der Waals surface area contributed by atoms with E-state index in [1.807, 2.05) is 0 Å². The molecule has 3 rings (SSSR count). The normalized spacial score (nSPS) is 25.3. The number of hydrogen-bond donors (Lipinski definition) is 2. The fraction of sp³-hybridized carbons (Fsp3) is 0.667. The average molecular weight is 242 g/mol. The van der Waals surface area contributed by atoms with Gasteiger partial charge >= 0.3 is 0 Å². The lowest BCUT2D eigenvalue weighted by molar-refractivity contribution is 0.135. The molecular formula is C9H14N4O2S. The summed E-state index contributed by atoms with van der Waals surface area (Å²) in [6.07, 6.45) is 4.95. The van der Waals surface area contributed by atoms with E-state index in [2.05, 4.69) is 9.97 Å². The van der Waals surface area contributed by atoms with Crippen molar-refractivity contribution < 1.29 is 8.42 Å². The Balaban J connectivity index is 1.77. The first-order valence-corrected chi connectivity index (χ1v) is 6.74. The molecule has 16 heavy (non-hydrogen) atoms. The molecule has 1 aliphatic heterocycles. The van der Waals surface area contributed by atoms with Crippen LogP contribution in [-0.4, -0.2) is 41.3 Å². The number of rotatable bonds is 3. The van der Waals surface area contributed by atoms with Crippen molar-refractivity contribution in [1.82, 2.24) is 14.3 Å². The molecule has 1 saturated heterocycles. The van der Waals surface area contributed by atoms with E-state index in [9.17, 15) is 8.42 Å². The largest absolute Gasteiger partial charge is 0.335 e. The van der Waals surface area contributed by atoms with E-state index in [4.69, 9.17) is 5.73 Å². The fourth-order valence-electron chi connectivity index (χ4n) is 2.22. The number of H-pyrrole nitrogens is 1. The van der Waals surface area contributed by atoms with Gasteiger partial charge in [-0.25, -0.2) is 13.4 Å². The molecule has 0 atom stereocenters. The van der Waals surface area contributed by atoms with Crippen LogP contribution in [0.5, 0.6) is 0 Å². The summed E-state index contributed by atoms with van der Waals surface area (Å²) in [5.41, 5.74) is 5.83. The minimum atomic E-state index is -3.40. The van der Waals surface area contributed by atoms with Crippen LogP contribution >= 0.6 is 0 Å². The minimum absolute atomic E-state index is 0.144. The van der Waals surface area contributed by atoms with Gasteiger partial charge in [0.15, 0.2) is 5.03 Å². The molecule has 88 valence electrons. The molecule has 0 spiro atoms.